The third kappa shape index (κ3) is 3.67. The highest BCUT2D eigenvalue weighted by Crippen LogP contribution is 2.25. The molecule has 0 aromatic carbocycles. The Labute approximate surface area is 114 Å². The monoisotopic (exact) mass is 265 g/mol. The van der Waals surface area contributed by atoms with Crippen LogP contribution in [0, 0.1) is 5.41 Å². The number of nitrogens with two attached hydrogens (primary N) is 1. The van der Waals surface area contributed by atoms with E-state index in [1.807, 2.05) is 26.0 Å². The summed E-state index contributed by atoms with van der Waals surface area (Å²) >= 11 is 0. The quantitative estimate of drug-likeness (QED) is 0.782. The number of hydrogen-bond acceptors (Lipinski definition) is 4. The van der Waals surface area contributed by atoms with Crippen molar-refractivity contribution in [2.75, 3.05) is 13.7 Å². The summed E-state index contributed by atoms with van der Waals surface area (Å²) in [5, 5.41) is 2.94. The maximum atomic E-state index is 12.2. The lowest BCUT2D eigenvalue weighted by molar-refractivity contribution is -0.131. The van der Waals surface area contributed by atoms with Gasteiger partial charge in [-0.2, -0.15) is 0 Å². The van der Waals surface area contributed by atoms with Crippen LogP contribution in [-0.2, 0) is 11.3 Å². The van der Waals surface area contributed by atoms with Gasteiger partial charge in [0.05, 0.1) is 12.5 Å². The van der Waals surface area contributed by atoms with Gasteiger partial charge in [-0.25, -0.2) is 4.98 Å². The summed E-state index contributed by atoms with van der Waals surface area (Å²) in [5.74, 6) is 0.554. The fourth-order valence-electron chi connectivity index (χ4n) is 1.99. The lowest BCUT2D eigenvalue weighted by Crippen LogP contribution is -2.45. The molecule has 0 saturated carbocycles. The molecule has 0 aliphatic rings. The maximum absolute atomic E-state index is 12.2. The summed E-state index contributed by atoms with van der Waals surface area (Å²) in [4.78, 5) is 16.3. The van der Waals surface area contributed by atoms with E-state index in [-0.39, 0.29) is 5.91 Å². The fraction of sp³-hybridized carbons (Fsp3) is 0.571. The highest BCUT2D eigenvalue weighted by atomic mass is 16.5. The molecular weight excluding hydrogens is 242 g/mol. The molecule has 1 amide bonds. The normalized spacial score (nSPS) is 11.2. The Balaban J connectivity index is 2.67. The Bertz CT molecular complexity index is 409. The molecule has 0 radical (unpaired) electrons. The lowest BCUT2D eigenvalue weighted by Gasteiger charge is -2.28. The number of carbonyl (C=O) groups is 1. The van der Waals surface area contributed by atoms with Gasteiger partial charge in [-0.15, -0.1) is 0 Å². The molecule has 19 heavy (non-hydrogen) atoms. The van der Waals surface area contributed by atoms with Crippen molar-refractivity contribution in [1.29, 1.82) is 0 Å². The summed E-state index contributed by atoms with van der Waals surface area (Å²) < 4.78 is 5.05. The summed E-state index contributed by atoms with van der Waals surface area (Å²) in [6.45, 7) is 4.81. The van der Waals surface area contributed by atoms with Gasteiger partial charge in [0.2, 0.25) is 11.8 Å². The number of nitrogens with one attached hydrogen (secondary N) is 1. The van der Waals surface area contributed by atoms with Gasteiger partial charge >= 0.3 is 0 Å². The average molecular weight is 265 g/mol. The smallest absolute Gasteiger partial charge is 0.227 e. The Kier molecular flexibility index (Phi) is 5.76. The van der Waals surface area contributed by atoms with Crippen LogP contribution in [0.5, 0.6) is 5.88 Å². The third-order valence-corrected chi connectivity index (χ3v) is 3.69. The van der Waals surface area contributed by atoms with Crippen molar-refractivity contribution >= 4 is 5.91 Å². The van der Waals surface area contributed by atoms with Crippen molar-refractivity contribution in [2.45, 2.75) is 33.2 Å². The first-order valence-electron chi connectivity index (χ1n) is 6.59. The molecule has 1 rings (SSSR count). The van der Waals surface area contributed by atoms with E-state index in [0.717, 1.165) is 18.4 Å². The second-order valence-corrected chi connectivity index (χ2v) is 4.58. The molecule has 5 nitrogen and oxygen atoms in total. The van der Waals surface area contributed by atoms with E-state index in [2.05, 4.69) is 10.3 Å². The molecule has 0 atom stereocenters. The van der Waals surface area contributed by atoms with Crippen molar-refractivity contribution < 1.29 is 9.53 Å². The first-order chi connectivity index (χ1) is 9.11. The highest BCUT2D eigenvalue weighted by molar-refractivity contribution is 5.82. The van der Waals surface area contributed by atoms with Gasteiger partial charge in [0.1, 0.15) is 0 Å². The Morgan fingerprint density at radius 3 is 2.68 bits per heavy atom. The van der Waals surface area contributed by atoms with E-state index >= 15 is 0 Å². The molecular formula is C14H23N3O2. The van der Waals surface area contributed by atoms with Crippen LogP contribution >= 0.6 is 0 Å². The first kappa shape index (κ1) is 15.4. The number of ether oxygens (including phenoxy) is 1. The van der Waals surface area contributed by atoms with Crippen LogP contribution in [0.4, 0.5) is 0 Å². The predicted molar refractivity (Wildman–Crippen MR) is 74.7 cm³/mol. The zero-order chi connectivity index (χ0) is 14.3. The minimum absolute atomic E-state index is 0.00998. The van der Waals surface area contributed by atoms with Crippen molar-refractivity contribution in [1.82, 2.24) is 10.3 Å². The number of hydrogen-bond donors (Lipinski definition) is 2. The molecule has 0 unspecified atom stereocenters. The average Bonchev–Trinajstić information content (AvgIpc) is 2.47. The number of nitrogens with zero attached hydrogens (tertiary/aromatic N) is 1. The second-order valence-electron chi connectivity index (χ2n) is 4.58. The molecule has 0 aliphatic carbocycles. The number of carbonyl (C=O) groups excluding carboxylic acids is 1. The van der Waals surface area contributed by atoms with Crippen LogP contribution in [0.2, 0.25) is 0 Å². The van der Waals surface area contributed by atoms with E-state index in [4.69, 9.17) is 10.5 Å². The van der Waals surface area contributed by atoms with Crippen molar-refractivity contribution in [3.63, 3.8) is 0 Å². The molecule has 1 aromatic heterocycles. The first-order valence-corrected chi connectivity index (χ1v) is 6.59. The topological polar surface area (TPSA) is 77.2 Å². The third-order valence-electron chi connectivity index (χ3n) is 3.69. The Morgan fingerprint density at radius 2 is 2.16 bits per heavy atom. The van der Waals surface area contributed by atoms with Crippen molar-refractivity contribution in [3.05, 3.63) is 23.9 Å². The minimum Gasteiger partial charge on any atom is -0.481 e. The maximum Gasteiger partial charge on any atom is 0.227 e. The summed E-state index contributed by atoms with van der Waals surface area (Å²) in [6.07, 6.45) is 3.15. The SMILES string of the molecule is CCC(CC)(CN)C(=O)NCc1ccnc(OC)c1. The van der Waals surface area contributed by atoms with Crippen LogP contribution in [0.1, 0.15) is 32.3 Å². The van der Waals surface area contributed by atoms with E-state index in [1.165, 1.54) is 0 Å². The van der Waals surface area contributed by atoms with E-state index in [0.29, 0.717) is 19.0 Å². The molecule has 0 spiro atoms. The van der Waals surface area contributed by atoms with Gasteiger partial charge in [-0.3, -0.25) is 4.79 Å². The molecule has 0 aliphatic heterocycles. The standard InChI is InChI=1S/C14H23N3O2/c1-4-14(5-2,10-15)13(18)17-9-11-6-7-16-12(8-11)19-3/h6-8H,4-5,9-10,15H2,1-3H3,(H,17,18). The van der Waals surface area contributed by atoms with E-state index < -0.39 is 5.41 Å². The Hall–Kier alpha value is -1.62. The van der Waals surface area contributed by atoms with Gasteiger partial charge in [0.15, 0.2) is 0 Å². The van der Waals surface area contributed by atoms with Gasteiger partial charge in [-0.1, -0.05) is 13.8 Å². The number of pyridine rings is 1. The molecule has 3 N–H and O–H groups in total. The van der Waals surface area contributed by atoms with Gasteiger partial charge in [0.25, 0.3) is 0 Å². The molecule has 5 heteroatoms. The molecule has 1 heterocycles. The summed E-state index contributed by atoms with van der Waals surface area (Å²) in [6, 6.07) is 3.66. The molecule has 106 valence electrons. The number of methoxy groups -OCH3 is 1. The van der Waals surface area contributed by atoms with Gasteiger partial charge in [-0.05, 0) is 24.5 Å². The molecule has 0 fully saturated rings. The molecule has 0 saturated heterocycles. The highest BCUT2D eigenvalue weighted by Gasteiger charge is 2.32. The summed E-state index contributed by atoms with van der Waals surface area (Å²) in [7, 11) is 1.57. The number of rotatable bonds is 7. The van der Waals surface area contributed by atoms with Crippen molar-refractivity contribution in [2.24, 2.45) is 11.1 Å². The largest absolute Gasteiger partial charge is 0.481 e. The Morgan fingerprint density at radius 1 is 1.47 bits per heavy atom. The molecule has 0 bridgehead atoms. The summed E-state index contributed by atoms with van der Waals surface area (Å²) in [5.41, 5.74) is 6.25. The van der Waals surface area contributed by atoms with Crippen LogP contribution in [0.15, 0.2) is 18.3 Å². The minimum atomic E-state index is -0.461. The number of amides is 1. The van der Waals surface area contributed by atoms with Crippen LogP contribution in [-0.4, -0.2) is 24.5 Å². The van der Waals surface area contributed by atoms with Crippen LogP contribution in [0.3, 0.4) is 0 Å². The van der Waals surface area contributed by atoms with Gasteiger partial charge in [0, 0.05) is 25.4 Å². The van der Waals surface area contributed by atoms with Crippen molar-refractivity contribution in [3.8, 4) is 5.88 Å². The number of aromatic nitrogens is 1. The zero-order valence-electron chi connectivity index (χ0n) is 11.9. The van der Waals surface area contributed by atoms with Crippen LogP contribution < -0.4 is 15.8 Å². The predicted octanol–water partition coefficient (Wildman–Crippen LogP) is 1.47. The lowest BCUT2D eigenvalue weighted by atomic mass is 9.81. The van der Waals surface area contributed by atoms with E-state index in [1.54, 1.807) is 13.3 Å². The van der Waals surface area contributed by atoms with Gasteiger partial charge < -0.3 is 15.8 Å². The van der Waals surface area contributed by atoms with Crippen LogP contribution in [0.25, 0.3) is 0 Å². The van der Waals surface area contributed by atoms with E-state index in [9.17, 15) is 4.79 Å². The zero-order valence-corrected chi connectivity index (χ0v) is 11.9. The fourth-order valence-corrected chi connectivity index (χ4v) is 1.99. The molecule has 1 aromatic rings. The second kappa shape index (κ2) is 7.09.